The van der Waals surface area contributed by atoms with E-state index in [0.717, 1.165) is 23.8 Å². The van der Waals surface area contributed by atoms with Crippen LogP contribution in [-0.2, 0) is 6.54 Å². The average molecular weight is 418 g/mol. The first-order valence-electron chi connectivity index (χ1n) is 8.35. The summed E-state index contributed by atoms with van der Waals surface area (Å²) >= 11 is 5.83. The molecule has 148 valence electrons. The number of halogens is 3. The first kappa shape index (κ1) is 20.2. The molecule has 2 amide bonds. The van der Waals surface area contributed by atoms with Crippen LogP contribution in [0, 0.1) is 11.6 Å². The molecule has 29 heavy (non-hydrogen) atoms. The summed E-state index contributed by atoms with van der Waals surface area (Å²) in [6.07, 6.45) is 1.31. The normalized spacial score (nSPS) is 10.4. The second-order valence-corrected chi connectivity index (χ2v) is 6.45. The monoisotopic (exact) mass is 417 g/mol. The van der Waals surface area contributed by atoms with Crippen LogP contribution in [-0.4, -0.2) is 16.4 Å². The van der Waals surface area contributed by atoms with Crippen molar-refractivity contribution in [3.8, 4) is 0 Å². The summed E-state index contributed by atoms with van der Waals surface area (Å²) in [6, 6.07) is 12.3. The standard InChI is InChI=1S/C20H14ClF2N3O3/c21-14-7-4-12(5-8-14)10-26-11-13(6-9-17(26)27)19(28)24-25-20(29)18-15(22)2-1-3-16(18)23/h1-9,11H,10H2,(H,24,28)(H,25,29). The van der Waals surface area contributed by atoms with Gasteiger partial charge in [0.1, 0.15) is 17.2 Å². The Morgan fingerprint density at radius 2 is 1.52 bits per heavy atom. The van der Waals surface area contributed by atoms with Crippen LogP contribution >= 0.6 is 11.6 Å². The highest BCUT2D eigenvalue weighted by Gasteiger charge is 2.18. The second-order valence-electron chi connectivity index (χ2n) is 6.02. The Balaban J connectivity index is 1.72. The fraction of sp³-hybridized carbons (Fsp3) is 0.0500. The van der Waals surface area contributed by atoms with E-state index in [4.69, 9.17) is 11.6 Å². The van der Waals surface area contributed by atoms with E-state index >= 15 is 0 Å². The lowest BCUT2D eigenvalue weighted by atomic mass is 10.2. The Bertz CT molecular complexity index is 1110. The summed E-state index contributed by atoms with van der Waals surface area (Å²) in [6.45, 7) is 0.198. The van der Waals surface area contributed by atoms with Gasteiger partial charge in [-0.1, -0.05) is 29.8 Å². The minimum atomic E-state index is -1.15. The maximum absolute atomic E-state index is 13.6. The summed E-state index contributed by atoms with van der Waals surface area (Å²) < 4.78 is 28.5. The van der Waals surface area contributed by atoms with Gasteiger partial charge in [0.25, 0.3) is 17.4 Å². The number of amides is 2. The molecule has 1 aromatic heterocycles. The molecule has 0 aliphatic carbocycles. The second kappa shape index (κ2) is 8.66. The van der Waals surface area contributed by atoms with E-state index in [0.29, 0.717) is 5.02 Å². The number of benzene rings is 2. The molecule has 0 radical (unpaired) electrons. The van der Waals surface area contributed by atoms with Crippen molar-refractivity contribution in [3.05, 3.63) is 104 Å². The number of nitrogens with one attached hydrogen (secondary N) is 2. The van der Waals surface area contributed by atoms with Gasteiger partial charge in [-0.2, -0.15) is 0 Å². The number of nitrogens with zero attached hydrogens (tertiary/aromatic N) is 1. The molecule has 0 saturated heterocycles. The van der Waals surface area contributed by atoms with Crippen molar-refractivity contribution in [2.45, 2.75) is 6.54 Å². The van der Waals surface area contributed by atoms with E-state index in [1.807, 2.05) is 5.43 Å². The van der Waals surface area contributed by atoms with Gasteiger partial charge in [0.15, 0.2) is 0 Å². The highest BCUT2D eigenvalue weighted by atomic mass is 35.5. The fourth-order valence-corrected chi connectivity index (χ4v) is 2.66. The zero-order chi connectivity index (χ0) is 21.0. The van der Waals surface area contributed by atoms with E-state index in [9.17, 15) is 23.2 Å². The number of carbonyl (C=O) groups is 2. The third-order valence-corrected chi connectivity index (χ3v) is 4.24. The van der Waals surface area contributed by atoms with Gasteiger partial charge in [-0.15, -0.1) is 0 Å². The third kappa shape index (κ3) is 4.85. The van der Waals surface area contributed by atoms with Gasteiger partial charge in [-0.05, 0) is 35.9 Å². The van der Waals surface area contributed by atoms with E-state index < -0.39 is 29.0 Å². The molecule has 0 bridgehead atoms. The third-order valence-electron chi connectivity index (χ3n) is 3.99. The molecule has 0 unspecified atom stereocenters. The lowest BCUT2D eigenvalue weighted by Gasteiger charge is -2.11. The predicted octanol–water partition coefficient (Wildman–Crippen LogP) is 2.90. The zero-order valence-electron chi connectivity index (χ0n) is 14.8. The summed E-state index contributed by atoms with van der Waals surface area (Å²) in [5.74, 6) is -4.04. The van der Waals surface area contributed by atoms with Crippen LogP contribution in [0.5, 0.6) is 0 Å². The minimum absolute atomic E-state index is 0.0628. The van der Waals surface area contributed by atoms with E-state index in [1.54, 1.807) is 24.3 Å². The molecule has 6 nitrogen and oxygen atoms in total. The first-order valence-corrected chi connectivity index (χ1v) is 8.72. The van der Waals surface area contributed by atoms with Crippen molar-refractivity contribution in [1.29, 1.82) is 0 Å². The molecule has 2 aromatic carbocycles. The van der Waals surface area contributed by atoms with Crippen molar-refractivity contribution in [1.82, 2.24) is 15.4 Å². The maximum Gasteiger partial charge on any atom is 0.275 e. The number of hydrazine groups is 1. The van der Waals surface area contributed by atoms with Gasteiger partial charge < -0.3 is 4.57 Å². The number of hydrogen-bond donors (Lipinski definition) is 2. The molecular formula is C20H14ClF2N3O3. The maximum atomic E-state index is 13.6. The summed E-state index contributed by atoms with van der Waals surface area (Å²) in [7, 11) is 0. The highest BCUT2D eigenvalue weighted by Crippen LogP contribution is 2.12. The van der Waals surface area contributed by atoms with Crippen LogP contribution in [0.1, 0.15) is 26.3 Å². The molecule has 3 rings (SSSR count). The van der Waals surface area contributed by atoms with Gasteiger partial charge in [0.05, 0.1) is 12.1 Å². The molecule has 0 aliphatic rings. The Labute approximate surface area is 168 Å². The zero-order valence-corrected chi connectivity index (χ0v) is 15.5. The molecule has 0 atom stereocenters. The van der Waals surface area contributed by atoms with Crippen molar-refractivity contribution >= 4 is 23.4 Å². The highest BCUT2D eigenvalue weighted by molar-refractivity contribution is 6.30. The summed E-state index contributed by atoms with van der Waals surface area (Å²) in [5, 5.41) is 0.552. The molecule has 2 N–H and O–H groups in total. The lowest BCUT2D eigenvalue weighted by Crippen LogP contribution is -2.42. The number of carbonyl (C=O) groups excluding carboxylic acids is 2. The largest absolute Gasteiger partial charge is 0.310 e. The lowest BCUT2D eigenvalue weighted by molar-refractivity contribution is 0.0841. The van der Waals surface area contributed by atoms with Crippen molar-refractivity contribution in [2.75, 3.05) is 0 Å². The number of hydrogen-bond acceptors (Lipinski definition) is 3. The van der Waals surface area contributed by atoms with Crippen molar-refractivity contribution < 1.29 is 18.4 Å². The number of rotatable bonds is 4. The van der Waals surface area contributed by atoms with Crippen molar-refractivity contribution in [3.63, 3.8) is 0 Å². The molecule has 1 heterocycles. The van der Waals surface area contributed by atoms with Gasteiger partial charge in [0, 0.05) is 17.3 Å². The quantitative estimate of drug-likeness (QED) is 0.640. The minimum Gasteiger partial charge on any atom is -0.310 e. The van der Waals surface area contributed by atoms with Crippen LogP contribution in [0.25, 0.3) is 0 Å². The molecule has 0 saturated carbocycles. The van der Waals surface area contributed by atoms with Crippen LogP contribution < -0.4 is 16.4 Å². The number of aromatic nitrogens is 1. The van der Waals surface area contributed by atoms with E-state index in [1.165, 1.54) is 22.9 Å². The fourth-order valence-electron chi connectivity index (χ4n) is 2.54. The molecular weight excluding hydrogens is 404 g/mol. The Morgan fingerprint density at radius 1 is 0.897 bits per heavy atom. The topological polar surface area (TPSA) is 80.2 Å². The summed E-state index contributed by atoms with van der Waals surface area (Å²) in [4.78, 5) is 36.2. The van der Waals surface area contributed by atoms with E-state index in [-0.39, 0.29) is 17.7 Å². The van der Waals surface area contributed by atoms with Gasteiger partial charge in [-0.3, -0.25) is 25.2 Å². The molecule has 0 aliphatic heterocycles. The Kier molecular flexibility index (Phi) is 6.04. The Hall–Kier alpha value is -3.52. The molecule has 0 spiro atoms. The smallest absolute Gasteiger partial charge is 0.275 e. The number of pyridine rings is 1. The average Bonchev–Trinajstić information content (AvgIpc) is 2.69. The van der Waals surface area contributed by atoms with Crippen molar-refractivity contribution in [2.24, 2.45) is 0 Å². The molecule has 0 fully saturated rings. The van der Waals surface area contributed by atoms with Gasteiger partial charge in [-0.25, -0.2) is 8.78 Å². The van der Waals surface area contributed by atoms with Crippen LogP contribution in [0.3, 0.4) is 0 Å². The summed E-state index contributed by atoms with van der Waals surface area (Å²) in [5.41, 5.74) is 3.71. The van der Waals surface area contributed by atoms with Crippen LogP contribution in [0.2, 0.25) is 5.02 Å². The first-order chi connectivity index (χ1) is 13.8. The Morgan fingerprint density at radius 3 is 2.17 bits per heavy atom. The SMILES string of the molecule is O=C(NNC(=O)c1c(F)cccc1F)c1ccc(=O)n(Cc2ccc(Cl)cc2)c1. The van der Waals surface area contributed by atoms with Crippen LogP contribution in [0.4, 0.5) is 8.78 Å². The van der Waals surface area contributed by atoms with Gasteiger partial charge >= 0.3 is 0 Å². The molecule has 3 aromatic rings. The predicted molar refractivity (Wildman–Crippen MR) is 103 cm³/mol. The van der Waals surface area contributed by atoms with E-state index in [2.05, 4.69) is 5.43 Å². The van der Waals surface area contributed by atoms with Gasteiger partial charge in [0.2, 0.25) is 0 Å². The van der Waals surface area contributed by atoms with Crippen LogP contribution in [0.15, 0.2) is 65.6 Å². The molecule has 9 heteroatoms.